The Morgan fingerprint density at radius 2 is 1.56 bits per heavy atom. The molecule has 4 heteroatoms. The molecule has 1 aliphatic rings. The van der Waals surface area contributed by atoms with Crippen molar-refractivity contribution in [1.29, 1.82) is 0 Å². The third-order valence-electron chi connectivity index (χ3n) is 3.02. The van der Waals surface area contributed by atoms with Crippen LogP contribution in [0, 0.1) is 5.41 Å². The summed E-state index contributed by atoms with van der Waals surface area (Å²) in [6, 6.07) is 0. The molecule has 0 N–H and O–H groups in total. The summed E-state index contributed by atoms with van der Waals surface area (Å²) < 4.78 is 1.69. The fourth-order valence-electron chi connectivity index (χ4n) is 2.24. The van der Waals surface area contributed by atoms with Crippen molar-refractivity contribution >= 4 is 8.80 Å². The van der Waals surface area contributed by atoms with E-state index in [-0.39, 0.29) is 24.8 Å². The molecule has 0 aromatic heterocycles. The molecule has 1 aliphatic carbocycles. The largest absolute Gasteiger partial charge is 1.00 e. The van der Waals surface area contributed by atoms with E-state index in [1.807, 2.05) is 0 Å². The summed E-state index contributed by atoms with van der Waals surface area (Å²) in [6.07, 6.45) is 1.27. The van der Waals surface area contributed by atoms with Gasteiger partial charge in [0.1, 0.15) is 0 Å². The molecule has 0 aromatic rings. The Hall–Kier alpha value is 1.16. The molecule has 0 atom stereocenters. The van der Waals surface area contributed by atoms with E-state index >= 15 is 0 Å². The van der Waals surface area contributed by atoms with Crippen molar-refractivity contribution in [2.24, 2.45) is 5.41 Å². The van der Waals surface area contributed by atoms with Crippen molar-refractivity contribution in [3.8, 4) is 0 Å². The standard InChI is InChI=1S/C12H21Si.2ClH.Zr/c1-9-7-8-10(12(2,3)4)11(9)13(5)6;;;/h13H,8H2,1-6H3;2*1H;/q;;;+2/p-2. The minimum absolute atomic E-state index is 0. The van der Waals surface area contributed by atoms with Crippen LogP contribution in [-0.2, 0) is 24.7 Å². The van der Waals surface area contributed by atoms with Crippen LogP contribution in [0.1, 0.15) is 34.1 Å². The Labute approximate surface area is 130 Å². The third kappa shape index (κ3) is 4.12. The minimum Gasteiger partial charge on any atom is -1.00 e. The van der Waals surface area contributed by atoms with E-state index in [0.29, 0.717) is 5.41 Å². The Balaban J connectivity index is 0. The molecule has 0 aromatic carbocycles. The van der Waals surface area contributed by atoms with Gasteiger partial charge < -0.3 is 24.8 Å². The molecule has 0 spiro atoms. The van der Waals surface area contributed by atoms with Gasteiger partial charge in [0.25, 0.3) is 0 Å². The van der Waals surface area contributed by atoms with Gasteiger partial charge in [0.2, 0.25) is 0 Å². The van der Waals surface area contributed by atoms with E-state index in [1.165, 1.54) is 6.42 Å². The van der Waals surface area contributed by atoms with Crippen LogP contribution in [-0.4, -0.2) is 8.80 Å². The van der Waals surface area contributed by atoms with Gasteiger partial charge >= 0.3 is 106 Å². The average Bonchev–Trinajstić information content (AvgIpc) is 2.27. The van der Waals surface area contributed by atoms with Crippen LogP contribution in [0.25, 0.3) is 0 Å². The zero-order chi connectivity index (χ0) is 11.1. The van der Waals surface area contributed by atoms with Crippen molar-refractivity contribution in [1.82, 2.24) is 0 Å². The first-order valence-electron chi connectivity index (χ1n) is 5.40. The second-order valence-corrected chi connectivity index (χ2v) is 9.95. The monoisotopic (exact) mass is 353 g/mol. The summed E-state index contributed by atoms with van der Waals surface area (Å²) in [5, 5.41) is 1.78. The van der Waals surface area contributed by atoms with Gasteiger partial charge in [-0.15, -0.1) is 0 Å². The molecule has 91 valence electrons. The molecule has 0 radical (unpaired) electrons. The average molecular weight is 356 g/mol. The molecular formula is C12H21Cl2SiZr. The van der Waals surface area contributed by atoms with Crippen molar-refractivity contribution in [3.63, 3.8) is 0 Å². The first-order valence-corrected chi connectivity index (χ1v) is 9.52. The minimum atomic E-state index is -0.641. The Bertz CT molecular complexity index is 311. The van der Waals surface area contributed by atoms with Crippen molar-refractivity contribution < 1.29 is 49.5 Å². The molecule has 0 aliphatic heterocycles. The quantitative estimate of drug-likeness (QED) is 0.460. The van der Waals surface area contributed by atoms with E-state index < -0.39 is 8.80 Å². The molecule has 16 heavy (non-hydrogen) atoms. The van der Waals surface area contributed by atoms with Gasteiger partial charge in [-0.1, -0.05) is 0 Å². The number of halogens is 2. The van der Waals surface area contributed by atoms with Crippen molar-refractivity contribution in [3.05, 3.63) is 19.6 Å². The normalized spacial score (nSPS) is 16.6. The van der Waals surface area contributed by atoms with Crippen LogP contribution in [0.2, 0.25) is 13.1 Å². The molecule has 0 heterocycles. The smallest absolute Gasteiger partial charge is 1.00 e. The van der Waals surface area contributed by atoms with Crippen molar-refractivity contribution in [2.45, 2.75) is 47.2 Å². The van der Waals surface area contributed by atoms with Gasteiger partial charge in [0.15, 0.2) is 0 Å². The molecule has 0 nitrogen and oxygen atoms in total. The van der Waals surface area contributed by atoms with Crippen LogP contribution >= 0.6 is 0 Å². The van der Waals surface area contributed by atoms with Gasteiger partial charge in [-0.2, -0.15) is 0 Å². The fourth-order valence-corrected chi connectivity index (χ4v) is 5.64. The molecule has 0 unspecified atom stereocenters. The zero-order valence-electron chi connectivity index (χ0n) is 11.0. The maximum atomic E-state index is 2.46. The molecule has 0 amide bonds. The van der Waals surface area contributed by atoms with E-state index in [4.69, 9.17) is 0 Å². The van der Waals surface area contributed by atoms with Gasteiger partial charge in [0.05, 0.1) is 0 Å². The first-order chi connectivity index (χ1) is 6.25. The molecule has 0 bridgehead atoms. The van der Waals surface area contributed by atoms with E-state index in [9.17, 15) is 0 Å². The molecule has 0 saturated carbocycles. The van der Waals surface area contributed by atoms with Crippen LogP contribution in [0.3, 0.4) is 0 Å². The van der Waals surface area contributed by atoms with Crippen LogP contribution < -0.4 is 24.8 Å². The maximum absolute atomic E-state index is 2.46. The van der Waals surface area contributed by atoms with Gasteiger partial charge in [-0.25, -0.2) is 0 Å². The molecule has 0 saturated heterocycles. The Kier molecular flexibility index (Phi) is 8.44. The molecule has 1 rings (SSSR count). The van der Waals surface area contributed by atoms with E-state index in [2.05, 4.69) is 40.8 Å². The molecular weight excluding hydrogens is 334 g/mol. The Morgan fingerprint density at radius 3 is 1.81 bits per heavy atom. The number of rotatable bonds is 1. The second-order valence-electron chi connectivity index (χ2n) is 5.58. The van der Waals surface area contributed by atoms with Gasteiger partial charge in [0, 0.05) is 0 Å². The predicted octanol–water partition coefficient (Wildman–Crippen LogP) is -2.41. The number of hydrogen-bond donors (Lipinski definition) is 0. The van der Waals surface area contributed by atoms with Crippen LogP contribution in [0.15, 0.2) is 19.6 Å². The predicted molar refractivity (Wildman–Crippen MR) is 62.7 cm³/mol. The summed E-state index contributed by atoms with van der Waals surface area (Å²) in [4.78, 5) is 0. The van der Waals surface area contributed by atoms with Gasteiger partial charge in [-0.05, 0) is 0 Å². The molecule has 0 fully saturated rings. The number of allylic oxidation sites excluding steroid dienone is 4. The second kappa shape index (κ2) is 6.92. The summed E-state index contributed by atoms with van der Waals surface area (Å²) in [5.74, 6) is 0. The SMILES string of the molecule is CC1=[C]([Zr+2])CC(C(C)(C)C)=C1[SiH](C)C.[Cl-].[Cl-]. The van der Waals surface area contributed by atoms with E-state index in [0.717, 1.165) is 0 Å². The summed E-state index contributed by atoms with van der Waals surface area (Å²) >= 11 is 1.62. The van der Waals surface area contributed by atoms with Gasteiger partial charge in [-0.3, -0.25) is 0 Å². The zero-order valence-corrected chi connectivity index (χ0v) is 16.2. The fraction of sp³-hybridized carbons (Fsp3) is 0.667. The van der Waals surface area contributed by atoms with Crippen LogP contribution in [0.4, 0.5) is 0 Å². The third-order valence-corrected chi connectivity index (χ3v) is 6.31. The summed E-state index contributed by atoms with van der Waals surface area (Å²) in [6.45, 7) is 14.3. The Morgan fingerprint density at radius 1 is 1.12 bits per heavy atom. The first kappa shape index (κ1) is 19.5. The topological polar surface area (TPSA) is 0 Å². The summed E-state index contributed by atoms with van der Waals surface area (Å²) in [7, 11) is -0.641. The summed E-state index contributed by atoms with van der Waals surface area (Å²) in [5.41, 5.74) is 3.77. The van der Waals surface area contributed by atoms with E-state index in [1.54, 1.807) is 44.3 Å². The number of hydrogen-bond acceptors (Lipinski definition) is 0. The van der Waals surface area contributed by atoms with Crippen LogP contribution in [0.5, 0.6) is 0 Å². The van der Waals surface area contributed by atoms with Crippen molar-refractivity contribution in [2.75, 3.05) is 0 Å². The maximum Gasteiger partial charge on any atom is -1.00 e.